The van der Waals surface area contributed by atoms with E-state index in [4.69, 9.17) is 4.74 Å². The summed E-state index contributed by atoms with van der Waals surface area (Å²) in [6, 6.07) is 11.8. The van der Waals surface area contributed by atoms with Crippen LogP contribution in [0.3, 0.4) is 0 Å². The van der Waals surface area contributed by atoms with Crippen LogP contribution in [-0.2, 0) is 15.0 Å². The van der Waals surface area contributed by atoms with E-state index in [9.17, 15) is 14.0 Å². The molecule has 6 heteroatoms. The molecule has 2 amide bonds. The Morgan fingerprint density at radius 1 is 1.21 bits per heavy atom. The zero-order chi connectivity index (χ0) is 20.5. The normalized spacial score (nSPS) is 17.0. The standard InChI is InChI=1S/C22H25FN2O3/c1-22(2,3)15-9-10-19(28-4)17(12-15)24-21(27)14-11-20(26)25(13-14)18-8-6-5-7-16(18)23/h5-10,12,14H,11,13H2,1-4H3,(H,24,27)/t14-/m0/s1. The fourth-order valence-electron chi connectivity index (χ4n) is 3.29. The summed E-state index contributed by atoms with van der Waals surface area (Å²) >= 11 is 0. The minimum absolute atomic E-state index is 0.0431. The number of ether oxygens (including phenoxy) is 1. The fourth-order valence-corrected chi connectivity index (χ4v) is 3.29. The molecule has 1 N–H and O–H groups in total. The van der Waals surface area contributed by atoms with E-state index in [0.29, 0.717) is 11.4 Å². The van der Waals surface area contributed by atoms with Crippen LogP contribution in [0.4, 0.5) is 15.8 Å². The Morgan fingerprint density at radius 3 is 2.57 bits per heavy atom. The largest absolute Gasteiger partial charge is 0.495 e. The van der Waals surface area contributed by atoms with Gasteiger partial charge in [-0.1, -0.05) is 39.0 Å². The average molecular weight is 384 g/mol. The lowest BCUT2D eigenvalue weighted by atomic mass is 9.86. The second-order valence-corrected chi connectivity index (χ2v) is 8.01. The van der Waals surface area contributed by atoms with E-state index in [1.165, 1.54) is 11.0 Å². The Bertz CT molecular complexity index is 905. The van der Waals surface area contributed by atoms with Crippen molar-refractivity contribution in [2.24, 2.45) is 5.92 Å². The number of para-hydroxylation sites is 1. The molecule has 0 bridgehead atoms. The molecule has 0 aromatic heterocycles. The molecule has 1 fully saturated rings. The molecular formula is C22H25FN2O3. The summed E-state index contributed by atoms with van der Waals surface area (Å²) in [5.74, 6) is -1.03. The van der Waals surface area contributed by atoms with Crippen LogP contribution in [0.2, 0.25) is 0 Å². The first kappa shape index (κ1) is 19.9. The molecule has 1 aliphatic heterocycles. The van der Waals surface area contributed by atoms with Crippen molar-refractivity contribution >= 4 is 23.2 Å². The highest BCUT2D eigenvalue weighted by Crippen LogP contribution is 2.33. The lowest BCUT2D eigenvalue weighted by molar-refractivity contribution is -0.122. The number of carbonyl (C=O) groups is 2. The van der Waals surface area contributed by atoms with E-state index >= 15 is 0 Å². The zero-order valence-corrected chi connectivity index (χ0v) is 16.6. The third kappa shape index (κ3) is 4.01. The van der Waals surface area contributed by atoms with Gasteiger partial charge in [-0.25, -0.2) is 4.39 Å². The van der Waals surface area contributed by atoms with Crippen LogP contribution in [0, 0.1) is 11.7 Å². The zero-order valence-electron chi connectivity index (χ0n) is 16.6. The van der Waals surface area contributed by atoms with E-state index in [1.54, 1.807) is 25.3 Å². The molecule has 148 valence electrons. The number of nitrogens with zero attached hydrogens (tertiary/aromatic N) is 1. The van der Waals surface area contributed by atoms with Crippen LogP contribution in [0.15, 0.2) is 42.5 Å². The van der Waals surface area contributed by atoms with Gasteiger partial charge in [0.15, 0.2) is 0 Å². The number of hydrogen-bond donors (Lipinski definition) is 1. The van der Waals surface area contributed by atoms with E-state index in [-0.39, 0.29) is 35.9 Å². The molecule has 0 aliphatic carbocycles. The molecular weight excluding hydrogens is 359 g/mol. The molecule has 0 spiro atoms. The van der Waals surface area contributed by atoms with Gasteiger partial charge in [-0.15, -0.1) is 0 Å². The van der Waals surface area contributed by atoms with Gasteiger partial charge < -0.3 is 15.0 Å². The van der Waals surface area contributed by atoms with Gasteiger partial charge in [-0.2, -0.15) is 0 Å². The molecule has 0 radical (unpaired) electrons. The second-order valence-electron chi connectivity index (χ2n) is 8.01. The number of nitrogens with one attached hydrogen (secondary N) is 1. The SMILES string of the molecule is COc1ccc(C(C)(C)C)cc1NC(=O)[C@H]1CC(=O)N(c2ccccc2F)C1. The van der Waals surface area contributed by atoms with Gasteiger partial charge in [-0.05, 0) is 35.2 Å². The molecule has 0 unspecified atom stereocenters. The van der Waals surface area contributed by atoms with Crippen molar-refractivity contribution < 1.29 is 18.7 Å². The number of anilines is 2. The molecule has 0 saturated carbocycles. The first-order valence-electron chi connectivity index (χ1n) is 9.25. The van der Waals surface area contributed by atoms with Crippen LogP contribution in [0.25, 0.3) is 0 Å². The van der Waals surface area contributed by atoms with Gasteiger partial charge in [0, 0.05) is 13.0 Å². The molecule has 1 aliphatic rings. The van der Waals surface area contributed by atoms with E-state index in [1.807, 2.05) is 18.2 Å². The smallest absolute Gasteiger partial charge is 0.229 e. The number of benzene rings is 2. The summed E-state index contributed by atoms with van der Waals surface area (Å²) in [4.78, 5) is 26.5. The topological polar surface area (TPSA) is 58.6 Å². The third-order valence-corrected chi connectivity index (χ3v) is 4.96. The van der Waals surface area contributed by atoms with Crippen molar-refractivity contribution in [1.82, 2.24) is 0 Å². The van der Waals surface area contributed by atoms with Gasteiger partial charge in [0.1, 0.15) is 11.6 Å². The molecule has 3 rings (SSSR count). The Labute approximate surface area is 164 Å². The summed E-state index contributed by atoms with van der Waals surface area (Å²) in [6.45, 7) is 6.40. The number of rotatable bonds is 4. The highest BCUT2D eigenvalue weighted by Gasteiger charge is 2.36. The molecule has 5 nitrogen and oxygen atoms in total. The maximum Gasteiger partial charge on any atom is 0.229 e. The minimum Gasteiger partial charge on any atom is -0.495 e. The second kappa shape index (κ2) is 7.62. The van der Waals surface area contributed by atoms with Gasteiger partial charge in [0.25, 0.3) is 0 Å². The quantitative estimate of drug-likeness (QED) is 0.863. The van der Waals surface area contributed by atoms with Crippen molar-refractivity contribution in [3.05, 3.63) is 53.8 Å². The van der Waals surface area contributed by atoms with Gasteiger partial charge in [0.2, 0.25) is 11.8 Å². The summed E-state index contributed by atoms with van der Waals surface area (Å²) in [5.41, 5.74) is 1.74. The highest BCUT2D eigenvalue weighted by molar-refractivity contribution is 6.04. The average Bonchev–Trinajstić information content (AvgIpc) is 3.03. The number of methoxy groups -OCH3 is 1. The summed E-state index contributed by atoms with van der Waals surface area (Å²) in [5, 5.41) is 2.89. The Balaban J connectivity index is 1.79. The van der Waals surface area contributed by atoms with Gasteiger partial charge in [-0.3, -0.25) is 9.59 Å². The van der Waals surface area contributed by atoms with Crippen molar-refractivity contribution in [2.45, 2.75) is 32.6 Å². The number of hydrogen-bond acceptors (Lipinski definition) is 3. The fraction of sp³-hybridized carbons (Fsp3) is 0.364. The minimum atomic E-state index is -0.560. The van der Waals surface area contributed by atoms with Crippen LogP contribution in [-0.4, -0.2) is 25.5 Å². The van der Waals surface area contributed by atoms with E-state index < -0.39 is 11.7 Å². The predicted octanol–water partition coefficient (Wildman–Crippen LogP) is 4.12. The first-order chi connectivity index (χ1) is 13.2. The molecule has 1 atom stereocenters. The van der Waals surface area contributed by atoms with Gasteiger partial charge in [0.05, 0.1) is 24.4 Å². The molecule has 2 aromatic carbocycles. The van der Waals surface area contributed by atoms with E-state index in [2.05, 4.69) is 26.1 Å². The van der Waals surface area contributed by atoms with Gasteiger partial charge >= 0.3 is 0 Å². The predicted molar refractivity (Wildman–Crippen MR) is 107 cm³/mol. The number of carbonyl (C=O) groups excluding carboxylic acids is 2. The molecule has 1 heterocycles. The Hall–Kier alpha value is -2.89. The summed E-state index contributed by atoms with van der Waals surface area (Å²) < 4.78 is 19.4. The lowest BCUT2D eigenvalue weighted by Gasteiger charge is -2.22. The lowest BCUT2D eigenvalue weighted by Crippen LogP contribution is -2.28. The van der Waals surface area contributed by atoms with Crippen LogP contribution >= 0.6 is 0 Å². The Morgan fingerprint density at radius 2 is 1.93 bits per heavy atom. The third-order valence-electron chi connectivity index (χ3n) is 4.96. The van der Waals surface area contributed by atoms with Crippen molar-refractivity contribution in [3.8, 4) is 5.75 Å². The molecule has 28 heavy (non-hydrogen) atoms. The number of amides is 2. The monoisotopic (exact) mass is 384 g/mol. The Kier molecular flexibility index (Phi) is 5.40. The number of halogens is 1. The van der Waals surface area contributed by atoms with Crippen molar-refractivity contribution in [2.75, 3.05) is 23.9 Å². The molecule has 2 aromatic rings. The first-order valence-corrected chi connectivity index (χ1v) is 9.25. The maximum absolute atomic E-state index is 14.0. The molecule has 1 saturated heterocycles. The highest BCUT2D eigenvalue weighted by atomic mass is 19.1. The van der Waals surface area contributed by atoms with Crippen LogP contribution in [0.5, 0.6) is 5.75 Å². The van der Waals surface area contributed by atoms with Crippen LogP contribution in [0.1, 0.15) is 32.8 Å². The summed E-state index contributed by atoms with van der Waals surface area (Å²) in [6.07, 6.45) is 0.0431. The summed E-state index contributed by atoms with van der Waals surface area (Å²) in [7, 11) is 1.54. The van der Waals surface area contributed by atoms with Crippen LogP contribution < -0.4 is 15.0 Å². The maximum atomic E-state index is 14.0. The van der Waals surface area contributed by atoms with Crippen molar-refractivity contribution in [3.63, 3.8) is 0 Å². The van der Waals surface area contributed by atoms with E-state index in [0.717, 1.165) is 5.56 Å². The van der Waals surface area contributed by atoms with Crippen molar-refractivity contribution in [1.29, 1.82) is 0 Å².